The molecule has 0 bridgehead atoms. The molecule has 1 aromatic carbocycles. The van der Waals surface area contributed by atoms with Crippen LogP contribution in [0, 0.1) is 17.7 Å². The number of benzene rings is 1. The number of urea groups is 1. The van der Waals surface area contributed by atoms with Crippen LogP contribution in [0.3, 0.4) is 0 Å². The number of nitrogens with one attached hydrogen (secondary N) is 2. The van der Waals surface area contributed by atoms with Gasteiger partial charge in [-0.05, 0) is 12.1 Å². The molecule has 1 aromatic rings. The first-order valence-electron chi connectivity index (χ1n) is 5.10. The van der Waals surface area contributed by atoms with Crippen LogP contribution in [0.15, 0.2) is 36.9 Å². The lowest BCUT2D eigenvalue weighted by molar-refractivity contribution is 0.243. The summed E-state index contributed by atoms with van der Waals surface area (Å²) in [7, 11) is 0. The molecular formula is C13H13FN2O. The second kappa shape index (κ2) is 7.07. The summed E-state index contributed by atoms with van der Waals surface area (Å²) in [5.74, 6) is 4.93. The van der Waals surface area contributed by atoms with Gasteiger partial charge in [0, 0.05) is 6.54 Å². The Bertz CT molecular complexity index is 460. The topological polar surface area (TPSA) is 41.1 Å². The first-order valence-corrected chi connectivity index (χ1v) is 5.10. The van der Waals surface area contributed by atoms with E-state index in [4.69, 9.17) is 0 Å². The van der Waals surface area contributed by atoms with E-state index in [-0.39, 0.29) is 18.4 Å². The Morgan fingerprint density at radius 3 is 2.88 bits per heavy atom. The molecule has 88 valence electrons. The van der Waals surface area contributed by atoms with E-state index in [0.29, 0.717) is 12.1 Å². The number of halogens is 1. The first-order chi connectivity index (χ1) is 8.24. The molecule has 0 fully saturated rings. The van der Waals surface area contributed by atoms with E-state index in [0.717, 1.165) is 0 Å². The fraction of sp³-hybridized carbons (Fsp3) is 0.154. The molecule has 0 saturated carbocycles. The van der Waals surface area contributed by atoms with Crippen LogP contribution in [0.4, 0.5) is 9.18 Å². The molecule has 2 amide bonds. The lowest BCUT2D eigenvalue weighted by Gasteiger charge is -2.00. The van der Waals surface area contributed by atoms with Gasteiger partial charge in [-0.3, -0.25) is 0 Å². The molecule has 17 heavy (non-hydrogen) atoms. The van der Waals surface area contributed by atoms with Crippen LogP contribution in [-0.4, -0.2) is 19.1 Å². The van der Waals surface area contributed by atoms with E-state index in [1.54, 1.807) is 24.3 Å². The van der Waals surface area contributed by atoms with E-state index in [2.05, 4.69) is 29.1 Å². The molecule has 0 radical (unpaired) electrons. The minimum Gasteiger partial charge on any atom is -0.335 e. The third-order valence-electron chi connectivity index (χ3n) is 1.84. The van der Waals surface area contributed by atoms with Crippen LogP contribution in [0.5, 0.6) is 0 Å². The summed E-state index contributed by atoms with van der Waals surface area (Å²) in [6, 6.07) is 5.90. The Morgan fingerprint density at radius 1 is 1.41 bits per heavy atom. The highest BCUT2D eigenvalue weighted by Gasteiger charge is 1.95. The van der Waals surface area contributed by atoms with Gasteiger partial charge in [0.05, 0.1) is 12.1 Å². The molecule has 0 aliphatic heterocycles. The monoisotopic (exact) mass is 232 g/mol. The lowest BCUT2D eigenvalue weighted by Crippen LogP contribution is -2.35. The van der Waals surface area contributed by atoms with Crippen molar-refractivity contribution in [2.75, 3.05) is 13.1 Å². The van der Waals surface area contributed by atoms with Crippen molar-refractivity contribution in [3.05, 3.63) is 48.3 Å². The van der Waals surface area contributed by atoms with Crippen LogP contribution in [-0.2, 0) is 0 Å². The summed E-state index contributed by atoms with van der Waals surface area (Å²) in [6.45, 7) is 4.03. The van der Waals surface area contributed by atoms with E-state index in [1.807, 2.05) is 0 Å². The van der Waals surface area contributed by atoms with Gasteiger partial charge in [-0.1, -0.05) is 30.0 Å². The zero-order chi connectivity index (χ0) is 12.5. The average Bonchev–Trinajstić information content (AvgIpc) is 2.34. The third-order valence-corrected chi connectivity index (χ3v) is 1.84. The van der Waals surface area contributed by atoms with Gasteiger partial charge in [-0.2, -0.15) is 0 Å². The molecule has 1 rings (SSSR count). The Balaban J connectivity index is 2.39. The molecule has 0 unspecified atom stereocenters. The predicted octanol–water partition coefficient (Wildman–Crippen LogP) is 1.66. The van der Waals surface area contributed by atoms with Crippen LogP contribution in [0.25, 0.3) is 0 Å². The van der Waals surface area contributed by atoms with Crippen molar-refractivity contribution in [1.29, 1.82) is 0 Å². The van der Waals surface area contributed by atoms with E-state index < -0.39 is 0 Å². The molecule has 4 heteroatoms. The van der Waals surface area contributed by atoms with Gasteiger partial charge in [0.25, 0.3) is 0 Å². The highest BCUT2D eigenvalue weighted by atomic mass is 19.1. The number of hydrogen-bond donors (Lipinski definition) is 2. The molecule has 0 saturated heterocycles. The zero-order valence-corrected chi connectivity index (χ0v) is 9.29. The number of carbonyl (C=O) groups is 1. The van der Waals surface area contributed by atoms with Crippen LogP contribution < -0.4 is 10.6 Å². The number of amides is 2. The minimum atomic E-state index is -0.365. The normalized spacial score (nSPS) is 8.76. The quantitative estimate of drug-likeness (QED) is 0.604. The van der Waals surface area contributed by atoms with Gasteiger partial charge in [-0.25, -0.2) is 9.18 Å². The Morgan fingerprint density at radius 2 is 2.18 bits per heavy atom. The van der Waals surface area contributed by atoms with Crippen LogP contribution in [0.2, 0.25) is 0 Å². The van der Waals surface area contributed by atoms with Crippen molar-refractivity contribution in [3.8, 4) is 11.8 Å². The first kappa shape index (κ1) is 12.8. The Labute approximate surface area is 99.7 Å². The smallest absolute Gasteiger partial charge is 0.315 e. The van der Waals surface area contributed by atoms with E-state index >= 15 is 0 Å². The Hall–Kier alpha value is -2.28. The zero-order valence-electron chi connectivity index (χ0n) is 9.29. The van der Waals surface area contributed by atoms with Crippen molar-refractivity contribution >= 4 is 6.03 Å². The van der Waals surface area contributed by atoms with Gasteiger partial charge in [0.2, 0.25) is 0 Å². The maximum absolute atomic E-state index is 13.1. The molecule has 2 N–H and O–H groups in total. The molecule has 0 aliphatic carbocycles. The molecule has 0 heterocycles. The summed E-state index contributed by atoms with van der Waals surface area (Å²) in [6.07, 6.45) is 1.57. The fourth-order valence-corrected chi connectivity index (χ4v) is 1.05. The number of rotatable bonds is 3. The number of hydrogen-bond acceptors (Lipinski definition) is 1. The van der Waals surface area contributed by atoms with Crippen molar-refractivity contribution in [1.82, 2.24) is 10.6 Å². The summed E-state index contributed by atoms with van der Waals surface area (Å²) < 4.78 is 13.1. The summed E-state index contributed by atoms with van der Waals surface area (Å²) in [5, 5.41) is 5.05. The van der Waals surface area contributed by atoms with Crippen molar-refractivity contribution < 1.29 is 9.18 Å². The molecule has 0 aliphatic rings. The number of carbonyl (C=O) groups excluding carboxylic acids is 1. The predicted molar refractivity (Wildman–Crippen MR) is 64.9 cm³/mol. The second-order valence-electron chi connectivity index (χ2n) is 3.13. The molecule has 0 spiro atoms. The van der Waals surface area contributed by atoms with E-state index in [9.17, 15) is 9.18 Å². The maximum atomic E-state index is 13.1. The highest BCUT2D eigenvalue weighted by Crippen LogP contribution is 2.03. The SMILES string of the molecule is C=CCNC(=O)NCC#Cc1ccccc1F. The maximum Gasteiger partial charge on any atom is 0.315 e. The van der Waals surface area contributed by atoms with Gasteiger partial charge < -0.3 is 10.6 Å². The van der Waals surface area contributed by atoms with Crippen LogP contribution in [0.1, 0.15) is 5.56 Å². The fourth-order valence-electron chi connectivity index (χ4n) is 1.05. The van der Waals surface area contributed by atoms with Crippen molar-refractivity contribution in [2.24, 2.45) is 0 Å². The highest BCUT2D eigenvalue weighted by molar-refractivity contribution is 5.74. The lowest BCUT2D eigenvalue weighted by atomic mass is 10.2. The van der Waals surface area contributed by atoms with Gasteiger partial charge in [0.1, 0.15) is 5.82 Å². The van der Waals surface area contributed by atoms with Crippen molar-refractivity contribution in [2.45, 2.75) is 0 Å². The van der Waals surface area contributed by atoms with Gasteiger partial charge in [-0.15, -0.1) is 6.58 Å². The average molecular weight is 232 g/mol. The molecule has 3 nitrogen and oxygen atoms in total. The van der Waals surface area contributed by atoms with E-state index in [1.165, 1.54) is 6.07 Å². The minimum absolute atomic E-state index is 0.164. The summed E-state index contributed by atoms with van der Waals surface area (Å²) in [4.78, 5) is 11.1. The van der Waals surface area contributed by atoms with Gasteiger partial charge >= 0.3 is 6.03 Å². The summed E-state index contributed by atoms with van der Waals surface area (Å²) in [5.41, 5.74) is 0.320. The second-order valence-corrected chi connectivity index (χ2v) is 3.13. The molecule has 0 atom stereocenters. The van der Waals surface area contributed by atoms with Gasteiger partial charge in [0.15, 0.2) is 0 Å². The Kier molecular flexibility index (Phi) is 5.32. The van der Waals surface area contributed by atoms with Crippen LogP contribution >= 0.6 is 0 Å². The standard InChI is InChI=1S/C13H13FN2O/c1-2-9-15-13(17)16-10-5-7-11-6-3-4-8-12(11)14/h2-4,6,8H,1,9-10H2,(H2,15,16,17). The largest absolute Gasteiger partial charge is 0.335 e. The third kappa shape index (κ3) is 4.85. The molecular weight excluding hydrogens is 219 g/mol. The summed E-state index contributed by atoms with van der Waals surface area (Å²) >= 11 is 0. The molecule has 0 aromatic heterocycles. The van der Waals surface area contributed by atoms with Crippen molar-refractivity contribution in [3.63, 3.8) is 0 Å².